The minimum absolute atomic E-state index is 0.0381. The predicted octanol–water partition coefficient (Wildman–Crippen LogP) is 5.00. The number of anilines is 2. The van der Waals surface area contributed by atoms with Crippen LogP contribution < -0.4 is 18.9 Å². The van der Waals surface area contributed by atoms with Gasteiger partial charge in [-0.05, 0) is 67.6 Å². The Labute approximate surface area is 202 Å². The summed E-state index contributed by atoms with van der Waals surface area (Å²) in [6.45, 7) is 2.35. The van der Waals surface area contributed by atoms with Crippen molar-refractivity contribution in [3.63, 3.8) is 0 Å². The first-order valence-corrected chi connectivity index (χ1v) is 13.2. The Balaban J connectivity index is 1.77. The van der Waals surface area contributed by atoms with Crippen molar-refractivity contribution in [1.82, 2.24) is 0 Å². The lowest BCUT2D eigenvalue weighted by atomic mass is 10.3. The second kappa shape index (κ2) is 10.1. The molecular formula is C21H20Cl2N2O6S2. The summed E-state index contributed by atoms with van der Waals surface area (Å²) in [5, 5.41) is -0.230. The van der Waals surface area contributed by atoms with Crippen molar-refractivity contribution in [2.75, 3.05) is 23.2 Å². The molecule has 0 saturated heterocycles. The molecule has 0 aliphatic carbocycles. The monoisotopic (exact) mass is 530 g/mol. The Hall–Kier alpha value is -2.66. The van der Waals surface area contributed by atoms with Gasteiger partial charge in [-0.3, -0.25) is 9.44 Å². The lowest BCUT2D eigenvalue weighted by Crippen LogP contribution is -2.15. The molecule has 0 radical (unpaired) electrons. The molecule has 3 aromatic carbocycles. The van der Waals surface area contributed by atoms with Crippen molar-refractivity contribution in [3.05, 3.63) is 70.7 Å². The maximum atomic E-state index is 12.7. The fourth-order valence-electron chi connectivity index (χ4n) is 2.79. The zero-order valence-electron chi connectivity index (χ0n) is 17.5. The van der Waals surface area contributed by atoms with Crippen LogP contribution in [0.25, 0.3) is 0 Å². The SMILES string of the molecule is CCOc1ccc(NS(=O)(=O)c2ccc(NS(=O)(=O)c3ccc(OC)c(Cl)c3Cl)cc2)cc1. The number of halogens is 2. The van der Waals surface area contributed by atoms with E-state index in [1.807, 2.05) is 6.92 Å². The average molecular weight is 531 g/mol. The third-order valence-corrected chi connectivity index (χ3v) is 8.15. The number of methoxy groups -OCH3 is 1. The number of sulfonamides is 2. The van der Waals surface area contributed by atoms with Gasteiger partial charge in [0, 0.05) is 11.4 Å². The number of ether oxygens (including phenoxy) is 2. The van der Waals surface area contributed by atoms with Crippen LogP contribution in [0.2, 0.25) is 10.0 Å². The molecule has 0 atom stereocenters. The van der Waals surface area contributed by atoms with Crippen molar-refractivity contribution in [2.45, 2.75) is 16.7 Å². The predicted molar refractivity (Wildman–Crippen MR) is 129 cm³/mol. The third-order valence-electron chi connectivity index (χ3n) is 4.36. The number of benzene rings is 3. The molecule has 3 rings (SSSR count). The lowest BCUT2D eigenvalue weighted by molar-refractivity contribution is 0.340. The van der Waals surface area contributed by atoms with E-state index in [9.17, 15) is 16.8 Å². The number of rotatable bonds is 9. The van der Waals surface area contributed by atoms with E-state index in [0.29, 0.717) is 18.0 Å². The van der Waals surface area contributed by atoms with Gasteiger partial charge in [-0.15, -0.1) is 0 Å². The quantitative estimate of drug-likeness (QED) is 0.402. The highest BCUT2D eigenvalue weighted by Gasteiger charge is 2.22. The Kier molecular flexibility index (Phi) is 7.63. The Morgan fingerprint density at radius 2 is 1.30 bits per heavy atom. The van der Waals surface area contributed by atoms with Gasteiger partial charge in [-0.2, -0.15) is 0 Å². The van der Waals surface area contributed by atoms with Crippen molar-refractivity contribution >= 4 is 54.6 Å². The molecule has 0 heterocycles. The Bertz CT molecular complexity index is 1340. The van der Waals surface area contributed by atoms with Gasteiger partial charge in [0.15, 0.2) is 0 Å². The summed E-state index contributed by atoms with van der Waals surface area (Å²) in [4.78, 5) is -0.298. The molecule has 0 bridgehead atoms. The van der Waals surface area contributed by atoms with Crippen LogP contribution >= 0.6 is 23.2 Å². The zero-order chi connectivity index (χ0) is 24.2. The molecule has 0 saturated carbocycles. The second-order valence-corrected chi connectivity index (χ2v) is 10.7. The molecule has 2 N–H and O–H groups in total. The van der Waals surface area contributed by atoms with E-state index in [0.717, 1.165) is 0 Å². The van der Waals surface area contributed by atoms with E-state index in [1.54, 1.807) is 24.3 Å². The molecule has 0 aromatic heterocycles. The summed E-state index contributed by atoms with van der Waals surface area (Å²) < 4.78 is 65.9. The molecular weight excluding hydrogens is 511 g/mol. The van der Waals surface area contributed by atoms with Gasteiger partial charge in [-0.25, -0.2) is 16.8 Å². The molecule has 0 unspecified atom stereocenters. The maximum Gasteiger partial charge on any atom is 0.263 e. The van der Waals surface area contributed by atoms with Crippen LogP contribution in [0.1, 0.15) is 6.92 Å². The summed E-state index contributed by atoms with van der Waals surface area (Å²) >= 11 is 12.1. The summed E-state index contributed by atoms with van der Waals surface area (Å²) in [6, 6.07) is 14.3. The highest BCUT2D eigenvalue weighted by molar-refractivity contribution is 7.93. The maximum absolute atomic E-state index is 12.7. The van der Waals surface area contributed by atoms with Gasteiger partial charge in [0.05, 0.1) is 23.6 Å². The summed E-state index contributed by atoms with van der Waals surface area (Å²) in [7, 11) is -6.61. The van der Waals surface area contributed by atoms with Crippen LogP contribution in [-0.2, 0) is 20.0 Å². The largest absolute Gasteiger partial charge is 0.495 e. The average Bonchev–Trinajstić information content (AvgIpc) is 2.77. The minimum atomic E-state index is -4.10. The van der Waals surface area contributed by atoms with Crippen molar-refractivity contribution < 1.29 is 26.3 Å². The molecule has 8 nitrogen and oxygen atoms in total. The van der Waals surface area contributed by atoms with Crippen LogP contribution in [0.3, 0.4) is 0 Å². The summed E-state index contributed by atoms with van der Waals surface area (Å²) in [6.07, 6.45) is 0. The summed E-state index contributed by atoms with van der Waals surface area (Å²) in [5.41, 5.74) is 0.493. The molecule has 12 heteroatoms. The highest BCUT2D eigenvalue weighted by atomic mass is 35.5. The van der Waals surface area contributed by atoms with E-state index in [1.165, 1.54) is 43.5 Å². The highest BCUT2D eigenvalue weighted by Crippen LogP contribution is 2.37. The molecule has 0 aliphatic rings. The van der Waals surface area contributed by atoms with E-state index in [4.69, 9.17) is 32.7 Å². The summed E-state index contributed by atoms with van der Waals surface area (Å²) in [5.74, 6) is 0.852. The molecule has 0 spiro atoms. The van der Waals surface area contributed by atoms with Gasteiger partial charge in [0.1, 0.15) is 21.4 Å². The smallest absolute Gasteiger partial charge is 0.263 e. The number of hydrogen-bond donors (Lipinski definition) is 2. The fraction of sp³-hybridized carbons (Fsp3) is 0.143. The molecule has 3 aromatic rings. The van der Waals surface area contributed by atoms with Crippen molar-refractivity contribution in [1.29, 1.82) is 0 Å². The van der Waals surface area contributed by atoms with Gasteiger partial charge in [0.2, 0.25) is 0 Å². The van der Waals surface area contributed by atoms with Crippen LogP contribution in [-0.4, -0.2) is 30.6 Å². The topological polar surface area (TPSA) is 111 Å². The first-order valence-electron chi connectivity index (χ1n) is 9.48. The minimum Gasteiger partial charge on any atom is -0.495 e. The molecule has 0 fully saturated rings. The van der Waals surface area contributed by atoms with Crippen LogP contribution in [0, 0.1) is 0 Å². The third kappa shape index (κ3) is 5.83. The second-order valence-electron chi connectivity index (χ2n) is 6.59. The van der Waals surface area contributed by atoms with E-state index in [2.05, 4.69) is 9.44 Å². The Morgan fingerprint density at radius 3 is 1.85 bits per heavy atom. The van der Waals surface area contributed by atoms with Crippen molar-refractivity contribution in [3.8, 4) is 11.5 Å². The number of nitrogens with one attached hydrogen (secondary N) is 2. The van der Waals surface area contributed by atoms with Crippen molar-refractivity contribution in [2.24, 2.45) is 0 Å². The fourth-order valence-corrected chi connectivity index (χ4v) is 5.75. The molecule has 0 amide bonds. The molecule has 0 aliphatic heterocycles. The molecule has 33 heavy (non-hydrogen) atoms. The van der Waals surface area contributed by atoms with E-state index in [-0.39, 0.29) is 31.3 Å². The van der Waals surface area contributed by atoms with Gasteiger partial charge in [-0.1, -0.05) is 23.2 Å². The van der Waals surface area contributed by atoms with Gasteiger partial charge >= 0.3 is 0 Å². The van der Waals surface area contributed by atoms with Gasteiger partial charge < -0.3 is 9.47 Å². The standard InChI is InChI=1S/C21H20Cl2N2O6S2/c1-3-31-16-8-4-14(5-9-16)24-32(26,27)17-10-6-15(7-11-17)25-33(28,29)19-13-12-18(30-2)20(22)21(19)23/h4-13,24-25H,3H2,1-2H3. The lowest BCUT2D eigenvalue weighted by Gasteiger charge is -2.13. The number of hydrogen-bond acceptors (Lipinski definition) is 6. The van der Waals surface area contributed by atoms with Gasteiger partial charge in [0.25, 0.3) is 20.0 Å². The van der Waals surface area contributed by atoms with E-state index >= 15 is 0 Å². The van der Waals surface area contributed by atoms with Crippen LogP contribution in [0.15, 0.2) is 70.5 Å². The molecule has 176 valence electrons. The zero-order valence-corrected chi connectivity index (χ0v) is 20.6. The Morgan fingerprint density at radius 1 is 0.758 bits per heavy atom. The van der Waals surface area contributed by atoms with Crippen LogP contribution in [0.4, 0.5) is 11.4 Å². The normalized spacial score (nSPS) is 11.6. The first-order chi connectivity index (χ1) is 15.6. The van der Waals surface area contributed by atoms with Crippen LogP contribution in [0.5, 0.6) is 11.5 Å². The van der Waals surface area contributed by atoms with E-state index < -0.39 is 20.0 Å². The first kappa shape index (κ1) is 25.0.